The topological polar surface area (TPSA) is 47.7 Å². The number of nitrogens with two attached hydrogens (primary N) is 1. The van der Waals surface area contributed by atoms with E-state index in [1.165, 1.54) is 5.56 Å². The maximum atomic E-state index is 6.04. The van der Waals surface area contributed by atoms with Gasteiger partial charge in [0.15, 0.2) is 5.75 Å². The average Bonchev–Trinajstić information content (AvgIpc) is 2.83. The third-order valence-corrected chi connectivity index (χ3v) is 4.29. The number of thiophene rings is 1. The molecule has 3 heterocycles. The van der Waals surface area contributed by atoms with Crippen molar-refractivity contribution in [1.82, 2.24) is 4.90 Å². The van der Waals surface area contributed by atoms with Crippen molar-refractivity contribution in [2.75, 3.05) is 20.4 Å². The summed E-state index contributed by atoms with van der Waals surface area (Å²) in [5.41, 5.74) is 7.29. The summed E-state index contributed by atoms with van der Waals surface area (Å²) in [4.78, 5) is 2.35. The normalized spacial score (nSPS) is 29.6. The van der Waals surface area contributed by atoms with Gasteiger partial charge in [-0.05, 0) is 26.4 Å². The predicted molar refractivity (Wildman–Crippen MR) is 63.0 cm³/mol. The smallest absolute Gasteiger partial charge is 0.232 e. The fourth-order valence-corrected chi connectivity index (χ4v) is 3.33. The summed E-state index contributed by atoms with van der Waals surface area (Å²) in [5, 5.41) is 3.06. The SMILES string of the molecule is CN1CCC(N)CC1c1csc2c1OCO2. The van der Waals surface area contributed by atoms with Gasteiger partial charge < -0.3 is 15.2 Å². The maximum Gasteiger partial charge on any atom is 0.232 e. The lowest BCUT2D eigenvalue weighted by Crippen LogP contribution is -2.39. The van der Waals surface area contributed by atoms with Crippen molar-refractivity contribution in [2.24, 2.45) is 5.73 Å². The first-order valence-corrected chi connectivity index (χ1v) is 6.46. The van der Waals surface area contributed by atoms with Crippen LogP contribution in [-0.4, -0.2) is 31.3 Å². The van der Waals surface area contributed by atoms with E-state index in [4.69, 9.17) is 15.2 Å². The first-order valence-electron chi connectivity index (χ1n) is 5.58. The molecule has 5 heteroatoms. The third kappa shape index (κ3) is 1.59. The molecule has 0 aliphatic carbocycles. The number of nitrogens with zero attached hydrogens (tertiary/aromatic N) is 1. The summed E-state index contributed by atoms with van der Waals surface area (Å²) in [6.07, 6.45) is 2.08. The Hall–Kier alpha value is -0.780. The minimum atomic E-state index is 0.305. The van der Waals surface area contributed by atoms with Gasteiger partial charge in [-0.1, -0.05) is 0 Å². The van der Waals surface area contributed by atoms with Crippen LogP contribution >= 0.6 is 11.3 Å². The Morgan fingerprint density at radius 2 is 2.38 bits per heavy atom. The van der Waals surface area contributed by atoms with Crippen molar-refractivity contribution in [3.05, 3.63) is 10.9 Å². The van der Waals surface area contributed by atoms with E-state index < -0.39 is 0 Å². The molecule has 2 aliphatic heterocycles. The van der Waals surface area contributed by atoms with Crippen molar-refractivity contribution in [2.45, 2.75) is 24.9 Å². The second-order valence-electron chi connectivity index (χ2n) is 4.50. The van der Waals surface area contributed by atoms with Gasteiger partial charge in [0.1, 0.15) is 0 Å². The van der Waals surface area contributed by atoms with Crippen molar-refractivity contribution < 1.29 is 9.47 Å². The Morgan fingerprint density at radius 1 is 1.50 bits per heavy atom. The molecule has 1 aromatic heterocycles. The Bertz CT molecular complexity index is 393. The average molecular weight is 240 g/mol. The monoisotopic (exact) mass is 240 g/mol. The molecule has 0 amide bonds. The van der Waals surface area contributed by atoms with Gasteiger partial charge in [-0.2, -0.15) is 0 Å². The molecule has 1 fully saturated rings. The van der Waals surface area contributed by atoms with Gasteiger partial charge in [0.25, 0.3) is 0 Å². The van der Waals surface area contributed by atoms with Crippen LogP contribution in [0.15, 0.2) is 5.38 Å². The molecule has 0 radical (unpaired) electrons. The Morgan fingerprint density at radius 3 is 3.25 bits per heavy atom. The van der Waals surface area contributed by atoms with E-state index in [-0.39, 0.29) is 0 Å². The number of hydrogen-bond acceptors (Lipinski definition) is 5. The second-order valence-corrected chi connectivity index (χ2v) is 5.34. The van der Waals surface area contributed by atoms with Crippen LogP contribution in [0.4, 0.5) is 0 Å². The van der Waals surface area contributed by atoms with E-state index in [1.54, 1.807) is 11.3 Å². The molecule has 1 aromatic rings. The molecule has 0 bridgehead atoms. The number of ether oxygens (including phenoxy) is 2. The van der Waals surface area contributed by atoms with Crippen LogP contribution in [0.5, 0.6) is 10.8 Å². The van der Waals surface area contributed by atoms with Gasteiger partial charge >= 0.3 is 0 Å². The molecule has 4 nitrogen and oxygen atoms in total. The molecule has 0 spiro atoms. The largest absolute Gasteiger partial charge is 0.452 e. The third-order valence-electron chi connectivity index (χ3n) is 3.40. The number of piperidine rings is 1. The summed E-state index contributed by atoms with van der Waals surface area (Å²) < 4.78 is 10.9. The molecule has 2 aliphatic rings. The summed E-state index contributed by atoms with van der Waals surface area (Å²) in [6.45, 7) is 1.41. The molecule has 0 aromatic carbocycles. The van der Waals surface area contributed by atoms with Gasteiger partial charge in [0.05, 0.1) is 0 Å². The van der Waals surface area contributed by atoms with Crippen molar-refractivity contribution in [3.8, 4) is 10.8 Å². The van der Waals surface area contributed by atoms with Crippen LogP contribution < -0.4 is 15.2 Å². The van der Waals surface area contributed by atoms with E-state index in [0.717, 1.165) is 30.2 Å². The van der Waals surface area contributed by atoms with Crippen LogP contribution in [0.1, 0.15) is 24.4 Å². The standard InChI is InChI=1S/C11H16N2O2S/c1-13-3-2-7(12)4-9(13)8-5-16-11-10(8)14-6-15-11/h5,7,9H,2-4,6,12H2,1H3. The molecule has 2 unspecified atom stereocenters. The number of fused-ring (bicyclic) bond motifs is 1. The Balaban J connectivity index is 1.90. The van der Waals surface area contributed by atoms with Crippen LogP contribution in [0.3, 0.4) is 0 Å². The summed E-state index contributed by atoms with van der Waals surface area (Å²) in [7, 11) is 2.15. The van der Waals surface area contributed by atoms with E-state index in [9.17, 15) is 0 Å². The van der Waals surface area contributed by atoms with E-state index in [2.05, 4.69) is 17.3 Å². The number of likely N-dealkylation sites (tertiary alicyclic amines) is 1. The minimum Gasteiger partial charge on any atom is -0.452 e. The van der Waals surface area contributed by atoms with Gasteiger partial charge in [-0.3, -0.25) is 4.90 Å². The van der Waals surface area contributed by atoms with Crippen molar-refractivity contribution >= 4 is 11.3 Å². The van der Waals surface area contributed by atoms with Crippen LogP contribution in [0.25, 0.3) is 0 Å². The van der Waals surface area contributed by atoms with Gasteiger partial charge in [0.2, 0.25) is 11.9 Å². The first-order chi connectivity index (χ1) is 7.75. The maximum absolute atomic E-state index is 6.04. The van der Waals surface area contributed by atoms with Crippen LogP contribution in [-0.2, 0) is 0 Å². The molecule has 16 heavy (non-hydrogen) atoms. The molecule has 1 saturated heterocycles. The quantitative estimate of drug-likeness (QED) is 0.809. The molecule has 0 saturated carbocycles. The van der Waals surface area contributed by atoms with Crippen LogP contribution in [0.2, 0.25) is 0 Å². The predicted octanol–water partition coefficient (Wildman–Crippen LogP) is 1.57. The molecule has 2 N–H and O–H groups in total. The minimum absolute atomic E-state index is 0.305. The zero-order valence-corrected chi connectivity index (χ0v) is 10.1. The van der Waals surface area contributed by atoms with Gasteiger partial charge in [0, 0.05) is 23.0 Å². The molecular formula is C11H16N2O2S. The van der Waals surface area contributed by atoms with E-state index in [1.807, 2.05) is 0 Å². The zero-order chi connectivity index (χ0) is 11.1. The number of rotatable bonds is 1. The first kappa shape index (κ1) is 10.4. The molecule has 2 atom stereocenters. The summed E-state index contributed by atoms with van der Waals surface area (Å²) in [5.74, 6) is 0.941. The highest BCUT2D eigenvalue weighted by Crippen LogP contribution is 2.47. The molecule has 3 rings (SSSR count). The lowest BCUT2D eigenvalue weighted by Gasteiger charge is -2.35. The van der Waals surface area contributed by atoms with Gasteiger partial charge in [-0.25, -0.2) is 0 Å². The zero-order valence-electron chi connectivity index (χ0n) is 9.31. The fourth-order valence-electron chi connectivity index (χ4n) is 2.43. The lowest BCUT2D eigenvalue weighted by molar-refractivity contribution is 0.156. The highest BCUT2D eigenvalue weighted by Gasteiger charge is 2.31. The van der Waals surface area contributed by atoms with Crippen LogP contribution in [0, 0.1) is 0 Å². The lowest BCUT2D eigenvalue weighted by atomic mass is 9.94. The Labute approximate surface area is 98.9 Å². The summed E-state index contributed by atoms with van der Waals surface area (Å²) in [6, 6.07) is 0.685. The van der Waals surface area contributed by atoms with Gasteiger partial charge in [-0.15, -0.1) is 11.3 Å². The highest BCUT2D eigenvalue weighted by molar-refractivity contribution is 7.12. The fraction of sp³-hybridized carbons (Fsp3) is 0.636. The van der Waals surface area contributed by atoms with Crippen molar-refractivity contribution in [1.29, 1.82) is 0 Å². The van der Waals surface area contributed by atoms with E-state index in [0.29, 0.717) is 18.9 Å². The van der Waals surface area contributed by atoms with Crippen molar-refractivity contribution in [3.63, 3.8) is 0 Å². The number of hydrogen-bond donors (Lipinski definition) is 1. The van der Waals surface area contributed by atoms with E-state index >= 15 is 0 Å². The summed E-state index contributed by atoms with van der Waals surface area (Å²) >= 11 is 1.62. The molecular weight excluding hydrogens is 224 g/mol. The highest BCUT2D eigenvalue weighted by atomic mass is 32.1. The molecule has 88 valence electrons. The second kappa shape index (κ2) is 3.91. The Kier molecular flexibility index (Phi) is 2.53.